The summed E-state index contributed by atoms with van der Waals surface area (Å²) in [5.74, 6) is 0.907. The van der Waals surface area contributed by atoms with Gasteiger partial charge in [-0.15, -0.1) is 0 Å². The Hall–Kier alpha value is -0.830. The molecule has 1 aromatic rings. The summed E-state index contributed by atoms with van der Waals surface area (Å²) in [4.78, 5) is 19.3. The van der Waals surface area contributed by atoms with Crippen LogP contribution in [0.15, 0.2) is 12.1 Å². The molecule has 2 N–H and O–H groups in total. The summed E-state index contributed by atoms with van der Waals surface area (Å²) in [5.41, 5.74) is 2.38. The van der Waals surface area contributed by atoms with Crippen molar-refractivity contribution in [1.29, 1.82) is 0 Å². The first-order valence-electron chi connectivity index (χ1n) is 21.6. The number of rotatable bonds is 32. The standard InChI is InChI=1S/C45H85O4P/c1-8-9-10-11-12-13-14-15-16-17-18-19-20-21-22-23-24-25-26-27-28-29-30-31-32-33-34-35-36-49-43-41(44(2,3)4)37-40(39-50(46,47)48)38-42(43)45(5,6)7/h37-38H,8-36,39H2,1-7H3,(H2,46,47,48). The highest BCUT2D eigenvalue weighted by molar-refractivity contribution is 7.50. The lowest BCUT2D eigenvalue weighted by Gasteiger charge is -2.31. The quantitative estimate of drug-likeness (QED) is 0.0574. The Balaban J connectivity index is 2.02. The monoisotopic (exact) mass is 721 g/mol. The number of benzene rings is 1. The molecule has 294 valence electrons. The normalized spacial score (nSPS) is 12.6. The van der Waals surface area contributed by atoms with Crippen molar-refractivity contribution in [3.63, 3.8) is 0 Å². The lowest BCUT2D eigenvalue weighted by Crippen LogP contribution is -2.21. The summed E-state index contributed by atoms with van der Waals surface area (Å²) < 4.78 is 18.3. The zero-order valence-corrected chi connectivity index (χ0v) is 35.4. The average molecular weight is 721 g/mol. The molecular weight excluding hydrogens is 635 g/mol. The Morgan fingerprint density at radius 1 is 0.480 bits per heavy atom. The maximum absolute atomic E-state index is 11.8. The first-order chi connectivity index (χ1) is 23.8. The van der Waals surface area contributed by atoms with E-state index in [1.807, 2.05) is 12.1 Å². The van der Waals surface area contributed by atoms with Crippen LogP contribution in [0.2, 0.25) is 0 Å². The molecule has 0 fully saturated rings. The second-order valence-electron chi connectivity index (χ2n) is 17.7. The third kappa shape index (κ3) is 25.2. The fraction of sp³-hybridized carbons (Fsp3) is 0.867. The van der Waals surface area contributed by atoms with Crippen LogP contribution in [0.3, 0.4) is 0 Å². The van der Waals surface area contributed by atoms with E-state index in [0.29, 0.717) is 12.2 Å². The van der Waals surface area contributed by atoms with Gasteiger partial charge in [-0.05, 0) is 22.8 Å². The lowest BCUT2D eigenvalue weighted by molar-refractivity contribution is 0.288. The first kappa shape index (κ1) is 47.2. The Kier molecular flexibility index (Phi) is 26.2. The zero-order chi connectivity index (χ0) is 37.1. The van der Waals surface area contributed by atoms with E-state index in [4.69, 9.17) is 4.74 Å². The molecule has 1 rings (SSSR count). The van der Waals surface area contributed by atoms with Crippen molar-refractivity contribution in [2.75, 3.05) is 6.61 Å². The Labute approximate surface area is 312 Å². The minimum absolute atomic E-state index is 0.189. The average Bonchev–Trinajstić information content (AvgIpc) is 3.02. The maximum Gasteiger partial charge on any atom is 0.329 e. The minimum atomic E-state index is -4.15. The fourth-order valence-electron chi connectivity index (χ4n) is 7.23. The highest BCUT2D eigenvalue weighted by Crippen LogP contribution is 2.45. The topological polar surface area (TPSA) is 66.8 Å². The Morgan fingerprint density at radius 3 is 0.980 bits per heavy atom. The van der Waals surface area contributed by atoms with Crippen molar-refractivity contribution in [3.8, 4) is 5.75 Å². The summed E-state index contributed by atoms with van der Waals surface area (Å²) in [6.45, 7) is 15.8. The molecule has 0 aliphatic carbocycles. The van der Waals surface area contributed by atoms with Gasteiger partial charge in [0.25, 0.3) is 0 Å². The summed E-state index contributed by atoms with van der Waals surface area (Å²) >= 11 is 0. The van der Waals surface area contributed by atoms with E-state index in [9.17, 15) is 14.4 Å². The van der Waals surface area contributed by atoms with Gasteiger partial charge in [-0.1, -0.05) is 234 Å². The summed E-state index contributed by atoms with van der Waals surface area (Å²) in [7, 11) is -4.15. The van der Waals surface area contributed by atoms with E-state index < -0.39 is 7.60 Å². The molecule has 4 nitrogen and oxygen atoms in total. The summed E-state index contributed by atoms with van der Waals surface area (Å²) in [6.07, 6.45) is 39.1. The van der Waals surface area contributed by atoms with Gasteiger partial charge in [0, 0.05) is 11.1 Å². The van der Waals surface area contributed by atoms with E-state index >= 15 is 0 Å². The van der Waals surface area contributed by atoms with Crippen molar-refractivity contribution in [1.82, 2.24) is 0 Å². The third-order valence-electron chi connectivity index (χ3n) is 10.4. The molecule has 0 amide bonds. The number of unbranched alkanes of at least 4 members (excludes halogenated alkanes) is 27. The van der Waals surface area contributed by atoms with Crippen molar-refractivity contribution < 1.29 is 19.1 Å². The van der Waals surface area contributed by atoms with E-state index in [0.717, 1.165) is 23.3 Å². The van der Waals surface area contributed by atoms with Crippen LogP contribution in [0.25, 0.3) is 0 Å². The van der Waals surface area contributed by atoms with Gasteiger partial charge in [0.1, 0.15) is 5.75 Å². The van der Waals surface area contributed by atoms with E-state index in [1.54, 1.807) is 0 Å². The Morgan fingerprint density at radius 2 is 0.740 bits per heavy atom. The van der Waals surface area contributed by atoms with Crippen molar-refractivity contribution in [2.45, 2.75) is 245 Å². The van der Waals surface area contributed by atoms with Crippen molar-refractivity contribution in [3.05, 3.63) is 28.8 Å². The first-order valence-corrected chi connectivity index (χ1v) is 23.4. The summed E-state index contributed by atoms with van der Waals surface area (Å²) in [5, 5.41) is 0. The molecule has 0 atom stereocenters. The molecule has 50 heavy (non-hydrogen) atoms. The molecule has 1 aromatic carbocycles. The molecule has 0 aliphatic heterocycles. The highest BCUT2D eigenvalue weighted by Gasteiger charge is 2.29. The zero-order valence-electron chi connectivity index (χ0n) is 34.5. The van der Waals surface area contributed by atoms with Gasteiger partial charge >= 0.3 is 7.60 Å². The molecule has 0 heterocycles. The van der Waals surface area contributed by atoms with Gasteiger partial charge in [-0.3, -0.25) is 4.57 Å². The van der Waals surface area contributed by atoms with Crippen LogP contribution in [-0.2, 0) is 21.6 Å². The van der Waals surface area contributed by atoms with Gasteiger partial charge in [0.2, 0.25) is 0 Å². The largest absolute Gasteiger partial charge is 0.493 e. The second-order valence-corrected chi connectivity index (χ2v) is 19.4. The van der Waals surface area contributed by atoms with Crippen LogP contribution in [-0.4, -0.2) is 16.4 Å². The van der Waals surface area contributed by atoms with Crippen molar-refractivity contribution >= 4 is 7.60 Å². The van der Waals surface area contributed by atoms with Gasteiger partial charge in [0.05, 0.1) is 12.8 Å². The molecule has 0 saturated heterocycles. The third-order valence-corrected chi connectivity index (χ3v) is 11.2. The van der Waals surface area contributed by atoms with E-state index in [1.165, 1.54) is 173 Å². The Bertz CT molecular complexity index is 964. The van der Waals surface area contributed by atoms with Crippen LogP contribution in [0.4, 0.5) is 0 Å². The SMILES string of the molecule is CCCCCCCCCCCCCCCCCCCCCCCCCCCCCCOc1c(C(C)(C)C)cc(CP(=O)(O)O)cc1C(C)(C)C. The summed E-state index contributed by atoms with van der Waals surface area (Å²) in [6, 6.07) is 3.90. The number of hydrogen-bond acceptors (Lipinski definition) is 2. The lowest BCUT2D eigenvalue weighted by atomic mass is 9.78. The van der Waals surface area contributed by atoms with Crippen LogP contribution in [0.5, 0.6) is 5.75 Å². The predicted octanol–water partition coefficient (Wildman–Crippen LogP) is 15.3. The van der Waals surface area contributed by atoms with Gasteiger partial charge < -0.3 is 14.5 Å². The highest BCUT2D eigenvalue weighted by atomic mass is 31.2. The number of hydrogen-bond donors (Lipinski definition) is 2. The molecule has 0 bridgehead atoms. The van der Waals surface area contributed by atoms with Crippen LogP contribution < -0.4 is 4.74 Å². The smallest absolute Gasteiger partial charge is 0.329 e. The van der Waals surface area contributed by atoms with Crippen LogP contribution in [0, 0.1) is 0 Å². The molecule has 5 heteroatoms. The van der Waals surface area contributed by atoms with E-state index in [-0.39, 0.29) is 17.0 Å². The number of ether oxygens (including phenoxy) is 1. The molecule has 0 spiro atoms. The second kappa shape index (κ2) is 27.7. The molecule has 0 aliphatic rings. The predicted molar refractivity (Wildman–Crippen MR) is 220 cm³/mol. The van der Waals surface area contributed by atoms with E-state index in [2.05, 4.69) is 48.5 Å². The van der Waals surface area contributed by atoms with Crippen molar-refractivity contribution in [2.24, 2.45) is 0 Å². The molecule has 0 radical (unpaired) electrons. The van der Waals surface area contributed by atoms with Crippen LogP contribution >= 0.6 is 7.60 Å². The molecule has 0 aromatic heterocycles. The van der Waals surface area contributed by atoms with Gasteiger partial charge in [-0.25, -0.2) is 0 Å². The van der Waals surface area contributed by atoms with Gasteiger partial charge in [0.15, 0.2) is 0 Å². The van der Waals surface area contributed by atoms with Crippen LogP contribution in [0.1, 0.15) is 245 Å². The minimum Gasteiger partial charge on any atom is -0.493 e. The molecular formula is C45H85O4P. The maximum atomic E-state index is 11.8. The fourth-order valence-corrected chi connectivity index (χ4v) is 7.89. The van der Waals surface area contributed by atoms with Gasteiger partial charge in [-0.2, -0.15) is 0 Å². The molecule has 0 unspecified atom stereocenters. The molecule has 0 saturated carbocycles.